The van der Waals surface area contributed by atoms with Gasteiger partial charge in [-0.1, -0.05) is 18.2 Å². The molecule has 0 unspecified atom stereocenters. The third-order valence-corrected chi connectivity index (χ3v) is 5.46. The fourth-order valence-electron chi connectivity index (χ4n) is 3.20. The molecule has 0 aliphatic heterocycles. The van der Waals surface area contributed by atoms with Crippen LogP contribution in [0.25, 0.3) is 10.9 Å². The Kier molecular flexibility index (Phi) is 3.28. The highest BCUT2D eigenvalue weighted by molar-refractivity contribution is 7.12. The topological polar surface area (TPSA) is 29.9 Å². The third-order valence-electron chi connectivity index (χ3n) is 4.22. The number of aryl methyl sites for hydroxylation is 3. The van der Waals surface area contributed by atoms with Gasteiger partial charge < -0.3 is 5.32 Å². The number of hydrogen-bond donors (Lipinski definition) is 1. The third kappa shape index (κ3) is 2.39. The number of fused-ring (bicyclic) bond motifs is 2. The first-order valence-electron chi connectivity index (χ1n) is 7.53. The first-order chi connectivity index (χ1) is 10.3. The van der Waals surface area contributed by atoms with Gasteiger partial charge >= 0.3 is 0 Å². The van der Waals surface area contributed by atoms with Crippen molar-refractivity contribution < 1.29 is 0 Å². The van der Waals surface area contributed by atoms with Crippen LogP contribution in [0.5, 0.6) is 0 Å². The van der Waals surface area contributed by atoms with Gasteiger partial charge in [0, 0.05) is 35.3 Å². The Morgan fingerprint density at radius 2 is 2.14 bits per heavy atom. The van der Waals surface area contributed by atoms with E-state index < -0.39 is 0 Å². The molecule has 2 heterocycles. The van der Waals surface area contributed by atoms with Crippen molar-refractivity contribution in [3.05, 3.63) is 51.3 Å². The summed E-state index contributed by atoms with van der Waals surface area (Å²) >= 11 is 1.98. The summed E-state index contributed by atoms with van der Waals surface area (Å²) in [4.78, 5) is 3.06. The Morgan fingerprint density at radius 3 is 3.05 bits per heavy atom. The SMILES string of the molecule is Cn1nc(CNCc2cc3c(s2)CCC3)c2ccccc21. The molecule has 0 bridgehead atoms. The van der Waals surface area contributed by atoms with Gasteiger partial charge in [-0.3, -0.25) is 4.68 Å². The quantitative estimate of drug-likeness (QED) is 0.800. The second kappa shape index (κ2) is 5.28. The Morgan fingerprint density at radius 1 is 1.24 bits per heavy atom. The van der Waals surface area contributed by atoms with Gasteiger partial charge in [-0.05, 0) is 37.0 Å². The summed E-state index contributed by atoms with van der Waals surface area (Å²) in [6.45, 7) is 1.77. The average molecular weight is 297 g/mol. The number of rotatable bonds is 4. The molecule has 3 aromatic rings. The minimum atomic E-state index is 0.823. The average Bonchev–Trinajstić information content (AvgIpc) is 3.14. The maximum absolute atomic E-state index is 4.63. The second-order valence-electron chi connectivity index (χ2n) is 5.71. The van der Waals surface area contributed by atoms with Crippen LogP contribution in [0.2, 0.25) is 0 Å². The summed E-state index contributed by atoms with van der Waals surface area (Å²) in [6, 6.07) is 10.8. The predicted octanol–water partition coefficient (Wildman–Crippen LogP) is 3.41. The van der Waals surface area contributed by atoms with Gasteiger partial charge in [0.05, 0.1) is 11.2 Å². The van der Waals surface area contributed by atoms with Crippen LogP contribution >= 0.6 is 11.3 Å². The molecule has 0 amide bonds. The van der Waals surface area contributed by atoms with Crippen LogP contribution in [0.1, 0.15) is 27.4 Å². The zero-order chi connectivity index (χ0) is 14.2. The van der Waals surface area contributed by atoms with Gasteiger partial charge in [-0.15, -0.1) is 11.3 Å². The first kappa shape index (κ1) is 13.0. The highest BCUT2D eigenvalue weighted by Gasteiger charge is 2.14. The van der Waals surface area contributed by atoms with E-state index in [4.69, 9.17) is 0 Å². The molecule has 21 heavy (non-hydrogen) atoms. The van der Waals surface area contributed by atoms with Gasteiger partial charge in [0.15, 0.2) is 0 Å². The molecule has 0 saturated heterocycles. The van der Waals surface area contributed by atoms with E-state index in [2.05, 4.69) is 40.7 Å². The zero-order valence-corrected chi connectivity index (χ0v) is 13.0. The molecule has 1 aliphatic rings. The van der Waals surface area contributed by atoms with Crippen LogP contribution in [0.3, 0.4) is 0 Å². The molecule has 0 atom stereocenters. The number of para-hydroxylation sites is 1. The van der Waals surface area contributed by atoms with E-state index >= 15 is 0 Å². The molecule has 0 spiro atoms. The lowest BCUT2D eigenvalue weighted by atomic mass is 10.2. The van der Waals surface area contributed by atoms with Crippen molar-refractivity contribution in [1.82, 2.24) is 15.1 Å². The molecule has 4 heteroatoms. The smallest absolute Gasteiger partial charge is 0.0841 e. The Balaban J connectivity index is 1.46. The largest absolute Gasteiger partial charge is 0.306 e. The normalized spacial score (nSPS) is 14.0. The molecule has 3 nitrogen and oxygen atoms in total. The molecule has 1 aliphatic carbocycles. The van der Waals surface area contributed by atoms with Crippen molar-refractivity contribution in [3.63, 3.8) is 0 Å². The number of nitrogens with one attached hydrogen (secondary N) is 1. The zero-order valence-electron chi connectivity index (χ0n) is 12.2. The van der Waals surface area contributed by atoms with Gasteiger partial charge in [0.25, 0.3) is 0 Å². The molecule has 1 N–H and O–H groups in total. The number of nitrogens with zero attached hydrogens (tertiary/aromatic N) is 2. The molecule has 2 aromatic heterocycles. The van der Waals surface area contributed by atoms with Crippen LogP contribution < -0.4 is 5.32 Å². The van der Waals surface area contributed by atoms with Crippen molar-refractivity contribution in [1.29, 1.82) is 0 Å². The molecule has 4 rings (SSSR count). The van der Waals surface area contributed by atoms with E-state index in [9.17, 15) is 0 Å². The molecular weight excluding hydrogens is 278 g/mol. The standard InChI is InChI=1S/C17H19N3S/c1-20-16-7-3-2-6-14(16)15(19-20)11-18-10-13-9-12-5-4-8-17(12)21-13/h2-3,6-7,9,18H,4-5,8,10-11H2,1H3. The molecule has 1 aromatic carbocycles. The summed E-state index contributed by atoms with van der Waals surface area (Å²) in [7, 11) is 2.01. The van der Waals surface area contributed by atoms with E-state index in [0.717, 1.165) is 18.8 Å². The molecule has 108 valence electrons. The predicted molar refractivity (Wildman–Crippen MR) is 87.6 cm³/mol. The summed E-state index contributed by atoms with van der Waals surface area (Å²) in [5, 5.41) is 9.43. The number of benzene rings is 1. The van der Waals surface area contributed by atoms with E-state index in [1.54, 1.807) is 10.4 Å². The fourth-order valence-corrected chi connectivity index (χ4v) is 4.43. The van der Waals surface area contributed by atoms with Crippen LogP contribution in [0.4, 0.5) is 0 Å². The molecule has 0 saturated carbocycles. The maximum atomic E-state index is 4.63. The monoisotopic (exact) mass is 297 g/mol. The Bertz CT molecular complexity index is 763. The van der Waals surface area contributed by atoms with Gasteiger partial charge in [0.2, 0.25) is 0 Å². The van der Waals surface area contributed by atoms with E-state index in [-0.39, 0.29) is 0 Å². The van der Waals surface area contributed by atoms with Crippen LogP contribution in [0, 0.1) is 0 Å². The first-order valence-corrected chi connectivity index (χ1v) is 8.35. The van der Waals surface area contributed by atoms with Crippen molar-refractivity contribution >= 4 is 22.2 Å². The highest BCUT2D eigenvalue weighted by Crippen LogP contribution is 2.30. The van der Waals surface area contributed by atoms with Gasteiger partial charge in [-0.2, -0.15) is 5.10 Å². The maximum Gasteiger partial charge on any atom is 0.0841 e. The van der Waals surface area contributed by atoms with Crippen LogP contribution in [0.15, 0.2) is 30.3 Å². The Hall–Kier alpha value is -1.65. The van der Waals surface area contributed by atoms with Crippen molar-refractivity contribution in [2.45, 2.75) is 32.4 Å². The lowest BCUT2D eigenvalue weighted by molar-refractivity contribution is 0.666. The van der Waals surface area contributed by atoms with E-state index in [0.29, 0.717) is 0 Å². The highest BCUT2D eigenvalue weighted by atomic mass is 32.1. The minimum absolute atomic E-state index is 0.823. The number of hydrogen-bond acceptors (Lipinski definition) is 3. The fraction of sp³-hybridized carbons (Fsp3) is 0.353. The number of aromatic nitrogens is 2. The summed E-state index contributed by atoms with van der Waals surface area (Å²) < 4.78 is 1.96. The molecular formula is C17H19N3S. The van der Waals surface area contributed by atoms with Crippen molar-refractivity contribution in [2.75, 3.05) is 0 Å². The van der Waals surface area contributed by atoms with E-state index in [1.807, 2.05) is 23.1 Å². The summed E-state index contributed by atoms with van der Waals surface area (Å²) in [6.07, 6.45) is 3.90. The minimum Gasteiger partial charge on any atom is -0.306 e. The Labute approximate surface area is 128 Å². The van der Waals surface area contributed by atoms with Gasteiger partial charge in [0.1, 0.15) is 0 Å². The molecule has 0 radical (unpaired) electrons. The second-order valence-corrected chi connectivity index (χ2v) is 6.93. The van der Waals surface area contributed by atoms with E-state index in [1.165, 1.54) is 35.0 Å². The molecule has 0 fully saturated rings. The van der Waals surface area contributed by atoms with Crippen LogP contribution in [-0.2, 0) is 33.0 Å². The van der Waals surface area contributed by atoms with Crippen LogP contribution in [-0.4, -0.2) is 9.78 Å². The summed E-state index contributed by atoms with van der Waals surface area (Å²) in [5.74, 6) is 0. The number of thiophene rings is 1. The summed E-state index contributed by atoms with van der Waals surface area (Å²) in [5.41, 5.74) is 3.92. The van der Waals surface area contributed by atoms with Crippen molar-refractivity contribution in [3.8, 4) is 0 Å². The van der Waals surface area contributed by atoms with Gasteiger partial charge in [-0.25, -0.2) is 0 Å². The lowest BCUT2D eigenvalue weighted by Crippen LogP contribution is -2.12. The lowest BCUT2D eigenvalue weighted by Gasteiger charge is -2.01. The van der Waals surface area contributed by atoms with Crippen molar-refractivity contribution in [2.24, 2.45) is 7.05 Å².